The number of rotatable bonds is 7. The van der Waals surface area contributed by atoms with Gasteiger partial charge in [-0.25, -0.2) is 4.98 Å². The van der Waals surface area contributed by atoms with Crippen LogP contribution in [0.5, 0.6) is 0 Å². The number of nitrogens with one attached hydrogen (secondary N) is 2. The van der Waals surface area contributed by atoms with E-state index < -0.39 is 0 Å². The average molecular weight is 491 g/mol. The van der Waals surface area contributed by atoms with Gasteiger partial charge in [-0.15, -0.1) is 0 Å². The highest BCUT2D eigenvalue weighted by Crippen LogP contribution is 2.35. The van der Waals surface area contributed by atoms with Gasteiger partial charge in [-0.2, -0.15) is 28.6 Å². The van der Waals surface area contributed by atoms with E-state index in [-0.39, 0.29) is 34.6 Å². The molecule has 1 aliphatic heterocycles. The van der Waals surface area contributed by atoms with Crippen molar-refractivity contribution in [3.8, 4) is 0 Å². The van der Waals surface area contributed by atoms with E-state index in [4.69, 9.17) is 14.7 Å². The normalized spacial score (nSPS) is 18.6. The highest BCUT2D eigenvalue weighted by Gasteiger charge is 2.29. The lowest BCUT2D eigenvalue weighted by Gasteiger charge is -2.24. The van der Waals surface area contributed by atoms with Gasteiger partial charge < -0.3 is 15.4 Å². The van der Waals surface area contributed by atoms with Crippen molar-refractivity contribution in [3.05, 3.63) is 18.1 Å². The van der Waals surface area contributed by atoms with Crippen LogP contribution < -0.4 is 10.6 Å². The zero-order chi connectivity index (χ0) is 21.5. The largest absolute Gasteiger partial charge is 0.365 e. The number of fused-ring (bicyclic) bond motifs is 1. The maximum Gasteiger partial charge on any atom is 0.232 e. The Morgan fingerprint density at radius 2 is 1.85 bits per heavy atom. The number of hydrogen-bond acceptors (Lipinski definition) is 7. The quantitative estimate of drug-likeness (QED) is 0.422. The molecule has 3 aromatic rings. The third-order valence-corrected chi connectivity index (χ3v) is 6.23. The van der Waals surface area contributed by atoms with Crippen LogP contribution in [0, 0.1) is 12.8 Å². The molecule has 190 valence electrons. The summed E-state index contributed by atoms with van der Waals surface area (Å²) in [5, 5.41) is 11.6. The minimum atomic E-state index is -0.0300. The molecule has 2 N–H and O–H groups in total. The molecule has 0 bridgehead atoms. The molecule has 10 heteroatoms. The van der Waals surface area contributed by atoms with E-state index in [1.807, 2.05) is 21.6 Å². The lowest BCUT2D eigenvalue weighted by atomic mass is 10.2. The third kappa shape index (κ3) is 5.66. The smallest absolute Gasteiger partial charge is 0.232 e. The Balaban J connectivity index is 0.00000136. The molecular formula is C24H42N8OS. The summed E-state index contributed by atoms with van der Waals surface area (Å²) in [4.78, 5) is 14.3. The lowest BCUT2D eigenvalue weighted by Crippen LogP contribution is -2.20. The summed E-state index contributed by atoms with van der Waals surface area (Å²) in [7, 11) is 0. The topological polar surface area (TPSA) is 94.7 Å². The molecule has 5 rings (SSSR count). The van der Waals surface area contributed by atoms with Crippen LogP contribution in [0.3, 0.4) is 0 Å². The van der Waals surface area contributed by atoms with Crippen molar-refractivity contribution in [3.63, 3.8) is 0 Å². The first-order chi connectivity index (χ1) is 15.0. The SMILES string of the molecule is C.C.Cc1cc(Nc2nc(NC(C)C3CC3)c3ncn(C4CCCCO4)c3n2)nn1C(C)C.S. The Labute approximate surface area is 210 Å². The molecular weight excluding hydrogens is 448 g/mol. The Morgan fingerprint density at radius 3 is 2.47 bits per heavy atom. The molecule has 1 saturated carbocycles. The molecule has 1 saturated heterocycles. The fraction of sp³-hybridized carbons (Fsp3) is 0.667. The van der Waals surface area contributed by atoms with Gasteiger partial charge in [0.05, 0.1) is 6.33 Å². The molecule has 0 aromatic carbocycles. The van der Waals surface area contributed by atoms with Crippen molar-refractivity contribution in [1.29, 1.82) is 0 Å². The van der Waals surface area contributed by atoms with Crippen molar-refractivity contribution in [2.75, 3.05) is 17.2 Å². The zero-order valence-electron chi connectivity index (χ0n) is 19.3. The molecule has 0 radical (unpaired) electrons. The first kappa shape index (κ1) is 27.9. The van der Waals surface area contributed by atoms with Crippen LogP contribution in [0.4, 0.5) is 17.6 Å². The van der Waals surface area contributed by atoms with E-state index in [2.05, 4.69) is 48.4 Å². The first-order valence-electron chi connectivity index (χ1n) is 11.5. The average Bonchev–Trinajstić information content (AvgIpc) is 3.42. The number of nitrogens with zero attached hydrogens (tertiary/aromatic N) is 6. The highest BCUT2D eigenvalue weighted by atomic mass is 32.1. The van der Waals surface area contributed by atoms with Gasteiger partial charge in [0, 0.05) is 30.5 Å². The van der Waals surface area contributed by atoms with Crippen molar-refractivity contribution < 1.29 is 4.74 Å². The molecule has 9 nitrogen and oxygen atoms in total. The lowest BCUT2D eigenvalue weighted by molar-refractivity contribution is -0.0298. The van der Waals surface area contributed by atoms with Gasteiger partial charge in [-0.05, 0) is 65.7 Å². The van der Waals surface area contributed by atoms with E-state index in [0.717, 1.165) is 54.4 Å². The van der Waals surface area contributed by atoms with Gasteiger partial charge in [0.25, 0.3) is 0 Å². The summed E-state index contributed by atoms with van der Waals surface area (Å²) in [5.74, 6) is 2.73. The number of ether oxygens (including phenoxy) is 1. The maximum atomic E-state index is 6.01. The molecule has 3 aromatic heterocycles. The fourth-order valence-electron chi connectivity index (χ4n) is 4.34. The molecule has 2 fully saturated rings. The predicted molar refractivity (Wildman–Crippen MR) is 144 cm³/mol. The third-order valence-electron chi connectivity index (χ3n) is 6.23. The van der Waals surface area contributed by atoms with E-state index in [1.165, 1.54) is 12.8 Å². The van der Waals surface area contributed by atoms with Crippen LogP contribution in [0.1, 0.15) is 85.7 Å². The number of anilines is 3. The standard InChI is InChI=1S/C22H32N8O.2CH4.H2S/c1-13(2)30-14(3)11-17(28-30)25-22-26-20(24-15(4)16-8-9-16)19-21(27-22)29(12-23-19)18-7-5-6-10-31-18;;;/h11-13,15-16,18H,5-10H2,1-4H3,(H2,24,25,26,27,28);2*1H4;1H2. The summed E-state index contributed by atoms with van der Waals surface area (Å²) in [6.07, 6.45) is 7.57. The van der Waals surface area contributed by atoms with Crippen LogP contribution in [0.15, 0.2) is 12.4 Å². The highest BCUT2D eigenvalue weighted by molar-refractivity contribution is 7.59. The zero-order valence-corrected chi connectivity index (χ0v) is 20.3. The van der Waals surface area contributed by atoms with Crippen LogP contribution in [-0.4, -0.2) is 41.9 Å². The number of aromatic nitrogens is 6. The van der Waals surface area contributed by atoms with Crippen LogP contribution in [-0.2, 0) is 4.74 Å². The molecule has 4 heterocycles. The maximum absolute atomic E-state index is 6.01. The van der Waals surface area contributed by atoms with Crippen LogP contribution >= 0.6 is 13.5 Å². The Kier molecular flexibility index (Phi) is 9.36. The van der Waals surface area contributed by atoms with E-state index in [1.54, 1.807) is 0 Å². The summed E-state index contributed by atoms with van der Waals surface area (Å²) in [6, 6.07) is 2.67. The monoisotopic (exact) mass is 490 g/mol. The van der Waals surface area contributed by atoms with E-state index in [0.29, 0.717) is 23.9 Å². The van der Waals surface area contributed by atoms with Gasteiger partial charge >= 0.3 is 0 Å². The molecule has 2 atom stereocenters. The number of imidazole rings is 1. The molecule has 34 heavy (non-hydrogen) atoms. The predicted octanol–water partition coefficient (Wildman–Crippen LogP) is 5.95. The van der Waals surface area contributed by atoms with Crippen molar-refractivity contribution >= 4 is 42.2 Å². The minimum Gasteiger partial charge on any atom is -0.365 e. The number of aryl methyl sites for hydroxylation is 1. The molecule has 1 aliphatic carbocycles. The second-order valence-corrected chi connectivity index (χ2v) is 9.15. The van der Waals surface area contributed by atoms with Crippen LogP contribution in [0.2, 0.25) is 0 Å². The van der Waals surface area contributed by atoms with Gasteiger partial charge in [-0.1, -0.05) is 14.9 Å². The molecule has 2 unspecified atom stereocenters. The molecule has 0 spiro atoms. The van der Waals surface area contributed by atoms with E-state index in [9.17, 15) is 0 Å². The summed E-state index contributed by atoms with van der Waals surface area (Å²) in [5.41, 5.74) is 2.67. The molecule has 0 amide bonds. The summed E-state index contributed by atoms with van der Waals surface area (Å²) < 4.78 is 10.1. The first-order valence-corrected chi connectivity index (χ1v) is 11.5. The second kappa shape index (κ2) is 11.4. The van der Waals surface area contributed by atoms with Gasteiger partial charge in [0.15, 0.2) is 22.8 Å². The van der Waals surface area contributed by atoms with Gasteiger partial charge in [0.1, 0.15) is 6.23 Å². The van der Waals surface area contributed by atoms with Crippen molar-refractivity contribution in [2.45, 2.75) is 93.0 Å². The van der Waals surface area contributed by atoms with Gasteiger partial charge in [-0.3, -0.25) is 9.25 Å². The van der Waals surface area contributed by atoms with Gasteiger partial charge in [0.2, 0.25) is 5.95 Å². The summed E-state index contributed by atoms with van der Waals surface area (Å²) in [6.45, 7) is 9.29. The summed E-state index contributed by atoms with van der Waals surface area (Å²) >= 11 is 0. The Bertz CT molecular complexity index is 1070. The Hall–Kier alpha value is -2.33. The minimum absolute atomic E-state index is 0. The van der Waals surface area contributed by atoms with Crippen molar-refractivity contribution in [2.24, 2.45) is 5.92 Å². The Morgan fingerprint density at radius 1 is 1.09 bits per heavy atom. The second-order valence-electron chi connectivity index (χ2n) is 9.15. The van der Waals surface area contributed by atoms with Crippen molar-refractivity contribution in [1.82, 2.24) is 29.3 Å². The molecule has 2 aliphatic rings. The van der Waals surface area contributed by atoms with E-state index >= 15 is 0 Å². The fourth-order valence-corrected chi connectivity index (χ4v) is 4.34. The number of hydrogen-bond donors (Lipinski definition) is 2. The van der Waals surface area contributed by atoms with Crippen LogP contribution in [0.25, 0.3) is 11.2 Å².